The summed E-state index contributed by atoms with van der Waals surface area (Å²) in [6.07, 6.45) is 0.987. The average molecular weight is 447 g/mol. The molecule has 25 heavy (non-hydrogen) atoms. The van der Waals surface area contributed by atoms with E-state index in [2.05, 4.69) is 27.3 Å². The number of hydrogen-bond acceptors (Lipinski definition) is 3. The van der Waals surface area contributed by atoms with Crippen molar-refractivity contribution in [1.29, 1.82) is 0 Å². The molecule has 0 unspecified atom stereocenters. The predicted octanol–water partition coefficient (Wildman–Crippen LogP) is 5.85. The second-order valence-corrected chi connectivity index (χ2v) is 7.25. The van der Waals surface area contributed by atoms with Crippen LogP contribution in [-0.4, -0.2) is 19.8 Å². The zero-order chi connectivity index (χ0) is 18.1. The zero-order valence-corrected chi connectivity index (χ0v) is 17.3. The van der Waals surface area contributed by atoms with Gasteiger partial charge in [0.2, 0.25) is 0 Å². The smallest absolute Gasteiger partial charge is 0.124 e. The minimum atomic E-state index is 0.440. The summed E-state index contributed by atoms with van der Waals surface area (Å²) < 4.78 is 12.4. The van der Waals surface area contributed by atoms with Crippen LogP contribution in [0.15, 0.2) is 40.9 Å². The maximum Gasteiger partial charge on any atom is 0.124 e. The van der Waals surface area contributed by atoms with Crippen molar-refractivity contribution in [3.05, 3.63) is 62.0 Å². The monoisotopic (exact) mass is 445 g/mol. The average Bonchev–Trinajstić information content (AvgIpc) is 2.60. The fourth-order valence-electron chi connectivity index (χ4n) is 2.28. The summed E-state index contributed by atoms with van der Waals surface area (Å²) in [5.74, 6) is 0.853. The van der Waals surface area contributed by atoms with Gasteiger partial charge in [-0.1, -0.05) is 45.2 Å². The first kappa shape index (κ1) is 20.5. The number of halogens is 3. The van der Waals surface area contributed by atoms with Crippen LogP contribution in [-0.2, 0) is 17.9 Å². The molecule has 136 valence electrons. The molecular weight excluding hydrogens is 425 g/mol. The van der Waals surface area contributed by atoms with E-state index in [1.54, 1.807) is 6.07 Å². The van der Waals surface area contributed by atoms with Crippen LogP contribution < -0.4 is 10.1 Å². The zero-order valence-electron chi connectivity index (χ0n) is 14.2. The third-order valence-electron chi connectivity index (χ3n) is 3.56. The molecule has 2 rings (SSSR count). The number of rotatable bonds is 10. The molecule has 0 radical (unpaired) electrons. The molecule has 0 spiro atoms. The standard InChI is InChI=1S/C19H22BrCl2NO2/c1-2-24-9-3-8-23-12-15-11-16(20)5-7-19(15)25-13-14-4-6-17(21)18(22)10-14/h4-7,10-11,23H,2-3,8-9,12-13H2,1H3. The first-order chi connectivity index (χ1) is 12.1. The Kier molecular flexibility index (Phi) is 9.07. The highest BCUT2D eigenvalue weighted by atomic mass is 79.9. The molecule has 3 nitrogen and oxygen atoms in total. The number of ether oxygens (including phenoxy) is 2. The number of nitrogens with one attached hydrogen (secondary N) is 1. The van der Waals surface area contributed by atoms with Crippen molar-refractivity contribution in [2.75, 3.05) is 19.8 Å². The van der Waals surface area contributed by atoms with Gasteiger partial charge in [0.25, 0.3) is 0 Å². The Bertz CT molecular complexity index is 682. The van der Waals surface area contributed by atoms with Gasteiger partial charge in [-0.15, -0.1) is 0 Å². The molecule has 2 aromatic rings. The van der Waals surface area contributed by atoms with E-state index in [-0.39, 0.29) is 0 Å². The summed E-state index contributed by atoms with van der Waals surface area (Å²) in [6.45, 7) is 5.63. The van der Waals surface area contributed by atoms with Gasteiger partial charge in [-0.25, -0.2) is 0 Å². The van der Waals surface area contributed by atoms with Gasteiger partial charge in [0.1, 0.15) is 12.4 Å². The Morgan fingerprint density at radius 3 is 2.68 bits per heavy atom. The summed E-state index contributed by atoms with van der Waals surface area (Å²) in [4.78, 5) is 0. The fourth-order valence-corrected chi connectivity index (χ4v) is 3.01. The lowest BCUT2D eigenvalue weighted by Gasteiger charge is -2.13. The molecule has 2 aromatic carbocycles. The first-order valence-electron chi connectivity index (χ1n) is 8.23. The van der Waals surface area contributed by atoms with E-state index in [0.29, 0.717) is 16.7 Å². The van der Waals surface area contributed by atoms with E-state index in [0.717, 1.165) is 54.1 Å². The number of benzene rings is 2. The summed E-state index contributed by atoms with van der Waals surface area (Å²) in [5.41, 5.74) is 2.08. The van der Waals surface area contributed by atoms with E-state index in [1.807, 2.05) is 31.2 Å². The molecule has 0 bridgehead atoms. The quantitative estimate of drug-likeness (QED) is 0.464. The molecule has 0 aromatic heterocycles. The Balaban J connectivity index is 1.92. The lowest BCUT2D eigenvalue weighted by molar-refractivity contribution is 0.144. The van der Waals surface area contributed by atoms with Crippen molar-refractivity contribution >= 4 is 39.1 Å². The maximum absolute atomic E-state index is 6.05. The van der Waals surface area contributed by atoms with Crippen molar-refractivity contribution in [2.45, 2.75) is 26.5 Å². The van der Waals surface area contributed by atoms with Gasteiger partial charge < -0.3 is 14.8 Å². The first-order valence-corrected chi connectivity index (χ1v) is 9.78. The van der Waals surface area contributed by atoms with Crippen LogP contribution in [0.25, 0.3) is 0 Å². The Morgan fingerprint density at radius 1 is 1.08 bits per heavy atom. The highest BCUT2D eigenvalue weighted by Crippen LogP contribution is 2.26. The van der Waals surface area contributed by atoms with Gasteiger partial charge in [-0.2, -0.15) is 0 Å². The van der Waals surface area contributed by atoms with E-state index in [4.69, 9.17) is 32.7 Å². The summed E-state index contributed by atoms with van der Waals surface area (Å²) in [6, 6.07) is 11.5. The molecule has 0 saturated heterocycles. The summed E-state index contributed by atoms with van der Waals surface area (Å²) in [5, 5.41) is 4.51. The van der Waals surface area contributed by atoms with Crippen molar-refractivity contribution in [3.63, 3.8) is 0 Å². The number of hydrogen-bond donors (Lipinski definition) is 1. The van der Waals surface area contributed by atoms with Gasteiger partial charge in [0.15, 0.2) is 0 Å². The SMILES string of the molecule is CCOCCCNCc1cc(Br)ccc1OCc1ccc(Cl)c(Cl)c1. The second kappa shape index (κ2) is 11.0. The van der Waals surface area contributed by atoms with Crippen LogP contribution in [0.3, 0.4) is 0 Å². The molecule has 0 aliphatic rings. The maximum atomic E-state index is 6.05. The van der Waals surface area contributed by atoms with Crippen molar-refractivity contribution in [1.82, 2.24) is 5.32 Å². The molecule has 1 N–H and O–H groups in total. The van der Waals surface area contributed by atoms with Crippen LogP contribution in [0.5, 0.6) is 5.75 Å². The van der Waals surface area contributed by atoms with E-state index in [1.165, 1.54) is 0 Å². The van der Waals surface area contributed by atoms with E-state index in [9.17, 15) is 0 Å². The minimum absolute atomic E-state index is 0.440. The Morgan fingerprint density at radius 2 is 1.92 bits per heavy atom. The Labute approximate surface area is 167 Å². The van der Waals surface area contributed by atoms with Gasteiger partial charge in [-0.05, 0) is 55.8 Å². The largest absolute Gasteiger partial charge is 0.489 e. The molecule has 0 saturated carbocycles. The van der Waals surface area contributed by atoms with Crippen LogP contribution >= 0.6 is 39.1 Å². The molecular formula is C19H22BrCl2NO2. The summed E-state index contributed by atoms with van der Waals surface area (Å²) in [7, 11) is 0. The molecule has 0 amide bonds. The van der Waals surface area contributed by atoms with Gasteiger partial charge >= 0.3 is 0 Å². The lowest BCUT2D eigenvalue weighted by atomic mass is 10.2. The van der Waals surface area contributed by atoms with Gasteiger partial charge in [-0.3, -0.25) is 0 Å². The second-order valence-electron chi connectivity index (χ2n) is 5.52. The van der Waals surface area contributed by atoms with Crippen LogP contribution in [0.2, 0.25) is 10.0 Å². The topological polar surface area (TPSA) is 30.5 Å². The van der Waals surface area contributed by atoms with Crippen molar-refractivity contribution < 1.29 is 9.47 Å². The molecule has 6 heteroatoms. The third-order valence-corrected chi connectivity index (χ3v) is 4.79. The van der Waals surface area contributed by atoms with Crippen molar-refractivity contribution in [2.24, 2.45) is 0 Å². The van der Waals surface area contributed by atoms with Crippen LogP contribution in [0, 0.1) is 0 Å². The van der Waals surface area contributed by atoms with E-state index < -0.39 is 0 Å². The van der Waals surface area contributed by atoms with Crippen molar-refractivity contribution in [3.8, 4) is 5.75 Å². The molecule has 0 heterocycles. The predicted molar refractivity (Wildman–Crippen MR) is 108 cm³/mol. The van der Waals surface area contributed by atoms with E-state index >= 15 is 0 Å². The highest BCUT2D eigenvalue weighted by Gasteiger charge is 2.06. The minimum Gasteiger partial charge on any atom is -0.489 e. The van der Waals surface area contributed by atoms with Gasteiger partial charge in [0.05, 0.1) is 10.0 Å². The van der Waals surface area contributed by atoms with Crippen LogP contribution in [0.4, 0.5) is 0 Å². The third kappa shape index (κ3) is 7.16. The molecule has 0 aliphatic carbocycles. The lowest BCUT2D eigenvalue weighted by Crippen LogP contribution is -2.17. The molecule has 0 aliphatic heterocycles. The van der Waals surface area contributed by atoms with Gasteiger partial charge in [0, 0.05) is 29.8 Å². The normalized spacial score (nSPS) is 10.9. The molecule has 0 fully saturated rings. The molecule has 0 atom stereocenters. The van der Waals surface area contributed by atoms with Crippen LogP contribution in [0.1, 0.15) is 24.5 Å². The summed E-state index contributed by atoms with van der Waals surface area (Å²) >= 11 is 15.5. The fraction of sp³-hybridized carbons (Fsp3) is 0.368. The Hall–Kier alpha value is -0.780. The highest BCUT2D eigenvalue weighted by molar-refractivity contribution is 9.10.